The van der Waals surface area contributed by atoms with E-state index in [4.69, 9.17) is 0 Å². The molecule has 2 nitrogen and oxygen atoms in total. The van der Waals surface area contributed by atoms with Crippen molar-refractivity contribution in [2.75, 3.05) is 5.32 Å². The van der Waals surface area contributed by atoms with E-state index < -0.39 is 0 Å². The number of allylic oxidation sites excluding steroid dienone is 2. The molecule has 0 saturated heterocycles. The highest BCUT2D eigenvalue weighted by molar-refractivity contribution is 9.10. The average molecular weight is 294 g/mol. The highest BCUT2D eigenvalue weighted by atomic mass is 79.9. The van der Waals surface area contributed by atoms with Crippen molar-refractivity contribution in [3.8, 4) is 0 Å². The molecular weight excluding hydrogens is 278 g/mol. The monoisotopic (exact) mass is 293 g/mol. The predicted molar refractivity (Wildman–Crippen MR) is 74.0 cm³/mol. The normalized spacial score (nSPS) is 18.4. The van der Waals surface area contributed by atoms with E-state index in [0.29, 0.717) is 12.3 Å². The first-order chi connectivity index (χ1) is 8.15. The van der Waals surface area contributed by atoms with Crippen molar-refractivity contribution in [3.63, 3.8) is 0 Å². The first kappa shape index (κ1) is 12.4. The molecule has 90 valence electrons. The first-order valence-electron chi connectivity index (χ1n) is 5.88. The third-order valence-corrected chi connectivity index (χ3v) is 3.65. The molecule has 0 spiro atoms. The van der Waals surface area contributed by atoms with Crippen molar-refractivity contribution >= 4 is 27.5 Å². The second-order valence-electron chi connectivity index (χ2n) is 4.50. The van der Waals surface area contributed by atoms with Crippen molar-refractivity contribution in [1.82, 2.24) is 0 Å². The van der Waals surface area contributed by atoms with Crippen molar-refractivity contribution < 1.29 is 4.79 Å². The maximum absolute atomic E-state index is 11.9. The van der Waals surface area contributed by atoms with Gasteiger partial charge in [-0.25, -0.2) is 0 Å². The summed E-state index contributed by atoms with van der Waals surface area (Å²) < 4.78 is 0.929. The highest BCUT2D eigenvalue weighted by Crippen LogP contribution is 2.25. The van der Waals surface area contributed by atoms with Gasteiger partial charge >= 0.3 is 0 Å². The molecule has 1 aliphatic carbocycles. The summed E-state index contributed by atoms with van der Waals surface area (Å²) >= 11 is 3.44. The molecule has 0 aromatic heterocycles. The molecule has 1 unspecified atom stereocenters. The fraction of sp³-hybridized carbons (Fsp3) is 0.357. The van der Waals surface area contributed by atoms with E-state index in [1.807, 2.05) is 25.1 Å². The number of anilines is 1. The van der Waals surface area contributed by atoms with Crippen LogP contribution in [0.15, 0.2) is 34.8 Å². The molecule has 0 radical (unpaired) electrons. The second kappa shape index (κ2) is 5.50. The van der Waals surface area contributed by atoms with Gasteiger partial charge in [0, 0.05) is 10.9 Å². The van der Waals surface area contributed by atoms with Crippen LogP contribution in [0.3, 0.4) is 0 Å². The summed E-state index contributed by atoms with van der Waals surface area (Å²) in [4.78, 5) is 11.9. The van der Waals surface area contributed by atoms with E-state index >= 15 is 0 Å². The number of aryl methyl sites for hydroxylation is 1. The summed E-state index contributed by atoms with van der Waals surface area (Å²) in [5, 5.41) is 2.96. The number of halogens is 1. The minimum atomic E-state index is 0.0906. The summed E-state index contributed by atoms with van der Waals surface area (Å²) in [5.74, 6) is 0.506. The molecule has 17 heavy (non-hydrogen) atoms. The lowest BCUT2D eigenvalue weighted by Crippen LogP contribution is -2.15. The van der Waals surface area contributed by atoms with Crippen molar-refractivity contribution in [3.05, 3.63) is 40.4 Å². The van der Waals surface area contributed by atoms with Crippen LogP contribution in [0, 0.1) is 12.8 Å². The Kier molecular flexibility index (Phi) is 4.00. The van der Waals surface area contributed by atoms with E-state index in [1.165, 1.54) is 0 Å². The maximum Gasteiger partial charge on any atom is 0.224 e. The molecule has 0 bridgehead atoms. The molecule has 3 heteroatoms. The minimum Gasteiger partial charge on any atom is -0.325 e. The fourth-order valence-corrected chi connectivity index (χ4v) is 2.39. The number of hydrogen-bond acceptors (Lipinski definition) is 1. The summed E-state index contributed by atoms with van der Waals surface area (Å²) in [6.45, 7) is 2.02. The van der Waals surface area contributed by atoms with Gasteiger partial charge in [-0.05, 0) is 59.3 Å². The van der Waals surface area contributed by atoms with Gasteiger partial charge in [0.1, 0.15) is 0 Å². The van der Waals surface area contributed by atoms with Gasteiger partial charge in [0.2, 0.25) is 5.91 Å². The summed E-state index contributed by atoms with van der Waals surface area (Å²) in [7, 11) is 0. The van der Waals surface area contributed by atoms with Gasteiger partial charge in [-0.3, -0.25) is 4.79 Å². The quantitative estimate of drug-likeness (QED) is 0.837. The lowest BCUT2D eigenvalue weighted by Gasteiger charge is -2.10. The number of carbonyl (C=O) groups excluding carboxylic acids is 1. The molecule has 1 aromatic rings. The van der Waals surface area contributed by atoms with Crippen LogP contribution in [0.25, 0.3) is 0 Å². The topological polar surface area (TPSA) is 29.1 Å². The van der Waals surface area contributed by atoms with Crippen molar-refractivity contribution in [1.29, 1.82) is 0 Å². The largest absolute Gasteiger partial charge is 0.325 e. The van der Waals surface area contributed by atoms with E-state index in [2.05, 4.69) is 33.4 Å². The Morgan fingerprint density at radius 1 is 1.53 bits per heavy atom. The number of nitrogens with one attached hydrogen (secondary N) is 1. The Morgan fingerprint density at radius 2 is 2.35 bits per heavy atom. The predicted octanol–water partition coefficient (Wildman–Crippen LogP) is 4.05. The van der Waals surface area contributed by atoms with Gasteiger partial charge in [-0.15, -0.1) is 0 Å². The zero-order valence-corrected chi connectivity index (χ0v) is 11.5. The Morgan fingerprint density at radius 3 is 3.06 bits per heavy atom. The molecular formula is C14H16BrNO. The fourth-order valence-electron chi connectivity index (χ4n) is 2.04. The summed E-state index contributed by atoms with van der Waals surface area (Å²) in [6, 6.07) is 5.95. The Balaban J connectivity index is 1.97. The van der Waals surface area contributed by atoms with Gasteiger partial charge in [-0.2, -0.15) is 0 Å². The third-order valence-electron chi connectivity index (χ3n) is 2.96. The molecule has 2 rings (SSSR count). The van der Waals surface area contributed by atoms with E-state index in [-0.39, 0.29) is 5.91 Å². The first-order valence-corrected chi connectivity index (χ1v) is 6.67. The van der Waals surface area contributed by atoms with E-state index in [1.54, 1.807) is 0 Å². The van der Waals surface area contributed by atoms with E-state index in [9.17, 15) is 4.79 Å². The van der Waals surface area contributed by atoms with Crippen LogP contribution in [-0.2, 0) is 4.79 Å². The third kappa shape index (κ3) is 3.43. The molecule has 1 amide bonds. The zero-order valence-electron chi connectivity index (χ0n) is 9.87. The van der Waals surface area contributed by atoms with Gasteiger partial charge in [0.05, 0.1) is 5.69 Å². The van der Waals surface area contributed by atoms with E-state index in [0.717, 1.165) is 28.6 Å². The second-order valence-corrected chi connectivity index (χ2v) is 5.36. The lowest BCUT2D eigenvalue weighted by atomic mass is 10.0. The number of benzene rings is 1. The lowest BCUT2D eigenvalue weighted by molar-refractivity contribution is -0.116. The molecule has 1 N–H and O–H groups in total. The smallest absolute Gasteiger partial charge is 0.224 e. The average Bonchev–Trinajstić information content (AvgIpc) is 2.76. The van der Waals surface area contributed by atoms with Crippen LogP contribution in [-0.4, -0.2) is 5.91 Å². The molecule has 0 saturated carbocycles. The number of carbonyl (C=O) groups is 1. The number of rotatable bonds is 3. The van der Waals surface area contributed by atoms with Gasteiger partial charge < -0.3 is 5.32 Å². The molecule has 0 fully saturated rings. The molecule has 0 aliphatic heterocycles. The number of hydrogen-bond donors (Lipinski definition) is 1. The maximum atomic E-state index is 11.9. The number of amides is 1. The minimum absolute atomic E-state index is 0.0906. The van der Waals surface area contributed by atoms with Crippen LogP contribution in [0.5, 0.6) is 0 Å². The molecule has 0 heterocycles. The SMILES string of the molecule is Cc1ccc(Br)c(NC(=O)CC2C=CCC2)c1. The molecule has 1 atom stereocenters. The van der Waals surface area contributed by atoms with Gasteiger partial charge in [-0.1, -0.05) is 18.2 Å². The standard InChI is InChI=1S/C14H16BrNO/c1-10-6-7-12(15)13(8-10)16-14(17)9-11-4-2-3-5-11/h2,4,6-8,11H,3,5,9H2,1H3,(H,16,17). The Labute approximate surface area is 110 Å². The van der Waals surface area contributed by atoms with Crippen LogP contribution in [0.4, 0.5) is 5.69 Å². The zero-order chi connectivity index (χ0) is 12.3. The van der Waals surface area contributed by atoms with Crippen LogP contribution >= 0.6 is 15.9 Å². The van der Waals surface area contributed by atoms with Crippen molar-refractivity contribution in [2.45, 2.75) is 26.2 Å². The van der Waals surface area contributed by atoms with Gasteiger partial charge in [0.15, 0.2) is 0 Å². The summed E-state index contributed by atoms with van der Waals surface area (Å²) in [6.07, 6.45) is 7.08. The van der Waals surface area contributed by atoms with Crippen LogP contribution in [0.2, 0.25) is 0 Å². The molecule has 1 aliphatic rings. The summed E-state index contributed by atoms with van der Waals surface area (Å²) in [5.41, 5.74) is 2.00. The Hall–Kier alpha value is -1.09. The Bertz CT molecular complexity index is 454. The van der Waals surface area contributed by atoms with Crippen LogP contribution in [0.1, 0.15) is 24.8 Å². The van der Waals surface area contributed by atoms with Crippen LogP contribution < -0.4 is 5.32 Å². The van der Waals surface area contributed by atoms with Gasteiger partial charge in [0.25, 0.3) is 0 Å². The highest BCUT2D eigenvalue weighted by Gasteiger charge is 2.14. The van der Waals surface area contributed by atoms with Crippen molar-refractivity contribution in [2.24, 2.45) is 5.92 Å². The molecule has 1 aromatic carbocycles.